The van der Waals surface area contributed by atoms with Gasteiger partial charge in [-0.1, -0.05) is 32.1 Å². The van der Waals surface area contributed by atoms with Crippen molar-refractivity contribution >= 4 is 5.69 Å². The minimum Gasteiger partial charge on any atom is -0.383 e. The van der Waals surface area contributed by atoms with Crippen LogP contribution in [0.4, 0.5) is 5.69 Å². The van der Waals surface area contributed by atoms with Crippen molar-refractivity contribution in [3.05, 3.63) is 65.5 Å². The number of nitrogens with two attached hydrogens (primary N) is 1. The van der Waals surface area contributed by atoms with Crippen LogP contribution in [-0.4, -0.2) is 19.0 Å². The van der Waals surface area contributed by atoms with Crippen LogP contribution in [0.25, 0.3) is 0 Å². The van der Waals surface area contributed by atoms with Crippen molar-refractivity contribution in [1.29, 1.82) is 0 Å². The monoisotopic (exact) mass is 297 g/mol. The normalized spacial score (nSPS) is 19.4. The summed E-state index contributed by atoms with van der Waals surface area (Å²) in [5, 5.41) is 3.42. The van der Waals surface area contributed by atoms with E-state index in [-0.39, 0.29) is 5.41 Å². The summed E-state index contributed by atoms with van der Waals surface area (Å²) in [5.74, 6) is 0. The summed E-state index contributed by atoms with van der Waals surface area (Å²) >= 11 is 0. The number of fused-ring (bicyclic) bond motifs is 1. The number of nitrogens with zero attached hydrogens (tertiary/aromatic N) is 1. The van der Waals surface area contributed by atoms with Crippen molar-refractivity contribution in [2.24, 2.45) is 5.73 Å². The van der Waals surface area contributed by atoms with Crippen molar-refractivity contribution in [1.82, 2.24) is 4.90 Å². The number of anilines is 1. The first-order valence-electron chi connectivity index (χ1n) is 7.74. The highest BCUT2D eigenvalue weighted by Gasteiger charge is 2.23. The first-order chi connectivity index (χ1) is 10.4. The molecule has 1 aliphatic heterocycles. The van der Waals surface area contributed by atoms with Gasteiger partial charge in [-0.3, -0.25) is 0 Å². The predicted molar refractivity (Wildman–Crippen MR) is 95.6 cm³/mol. The fraction of sp³-hybridized carbons (Fsp3) is 0.368. The van der Waals surface area contributed by atoms with E-state index >= 15 is 0 Å². The molecule has 118 valence electrons. The Kier molecular flexibility index (Phi) is 5.09. The zero-order chi connectivity index (χ0) is 16.2. The number of benzene rings is 1. The van der Waals surface area contributed by atoms with Crippen molar-refractivity contribution in [3.63, 3.8) is 0 Å². The molecule has 0 aliphatic carbocycles. The summed E-state index contributed by atoms with van der Waals surface area (Å²) in [6.07, 6.45) is 11.6. The van der Waals surface area contributed by atoms with E-state index in [1.54, 1.807) is 0 Å². The van der Waals surface area contributed by atoms with Crippen molar-refractivity contribution in [3.8, 4) is 0 Å². The van der Waals surface area contributed by atoms with Gasteiger partial charge in [0, 0.05) is 32.5 Å². The third-order valence-electron chi connectivity index (χ3n) is 3.98. The second kappa shape index (κ2) is 6.84. The highest BCUT2D eigenvalue weighted by molar-refractivity contribution is 5.58. The Balaban J connectivity index is 2.38. The topological polar surface area (TPSA) is 41.3 Å². The Labute approximate surface area is 134 Å². The molecule has 3 N–H and O–H groups in total. The van der Waals surface area contributed by atoms with Gasteiger partial charge in [0.1, 0.15) is 0 Å². The summed E-state index contributed by atoms with van der Waals surface area (Å²) in [5.41, 5.74) is 10.7. The summed E-state index contributed by atoms with van der Waals surface area (Å²) in [7, 11) is 4.06. The molecule has 0 amide bonds. The highest BCUT2D eigenvalue weighted by atomic mass is 15.0. The molecule has 0 radical (unpaired) electrons. The van der Waals surface area contributed by atoms with Crippen LogP contribution in [0.15, 0.2) is 54.4 Å². The fourth-order valence-electron chi connectivity index (χ4n) is 2.54. The molecule has 1 heterocycles. The number of hydrogen-bond acceptors (Lipinski definition) is 3. The Hall–Kier alpha value is -2.00. The lowest BCUT2D eigenvalue weighted by Gasteiger charge is -2.27. The standard InChI is InChI=1S/C19H27N3/c1-19(2)10-7-15(9-12-22(3)4)8-11-21-18-6-5-16(14-20)13-17(18)19/h5-9,11-13,21H,10,14,20H2,1-4H3/b11-8?,12-9+,15-7+. The molecule has 1 aromatic rings. The molecule has 1 aromatic carbocycles. The van der Waals surface area contributed by atoms with E-state index in [1.165, 1.54) is 16.7 Å². The van der Waals surface area contributed by atoms with E-state index in [2.05, 4.69) is 61.8 Å². The van der Waals surface area contributed by atoms with Crippen LogP contribution in [0.3, 0.4) is 0 Å². The van der Waals surface area contributed by atoms with Gasteiger partial charge >= 0.3 is 0 Å². The van der Waals surface area contributed by atoms with Gasteiger partial charge in [0.05, 0.1) is 0 Å². The smallest absolute Gasteiger partial charge is 0.0418 e. The SMILES string of the molecule is CN(C)/C=C/C1=C/CC(C)(C)c2cc(CN)ccc2NC=C1. The second-order valence-electron chi connectivity index (χ2n) is 6.63. The summed E-state index contributed by atoms with van der Waals surface area (Å²) < 4.78 is 0. The third-order valence-corrected chi connectivity index (χ3v) is 3.98. The van der Waals surface area contributed by atoms with Crippen LogP contribution in [0.1, 0.15) is 31.4 Å². The van der Waals surface area contributed by atoms with E-state index in [0.717, 1.165) is 12.1 Å². The van der Waals surface area contributed by atoms with Crippen LogP contribution in [0, 0.1) is 0 Å². The van der Waals surface area contributed by atoms with Crippen molar-refractivity contribution in [2.45, 2.75) is 32.2 Å². The van der Waals surface area contributed by atoms with Crippen LogP contribution >= 0.6 is 0 Å². The maximum atomic E-state index is 5.80. The van der Waals surface area contributed by atoms with Gasteiger partial charge in [0.2, 0.25) is 0 Å². The van der Waals surface area contributed by atoms with Gasteiger partial charge in [-0.15, -0.1) is 0 Å². The molecule has 3 heteroatoms. The molecule has 0 spiro atoms. The van der Waals surface area contributed by atoms with E-state index in [9.17, 15) is 0 Å². The molecular weight excluding hydrogens is 270 g/mol. The number of nitrogens with one attached hydrogen (secondary N) is 1. The molecule has 0 aromatic heterocycles. The first-order valence-corrected chi connectivity index (χ1v) is 7.74. The Morgan fingerprint density at radius 2 is 2.09 bits per heavy atom. The summed E-state index contributed by atoms with van der Waals surface area (Å²) in [6.45, 7) is 5.14. The molecule has 1 aliphatic rings. The zero-order valence-electron chi connectivity index (χ0n) is 14.1. The minimum absolute atomic E-state index is 0.0523. The third kappa shape index (κ3) is 4.01. The average Bonchev–Trinajstić information content (AvgIpc) is 2.54. The largest absolute Gasteiger partial charge is 0.383 e. The van der Waals surface area contributed by atoms with Gasteiger partial charge in [-0.25, -0.2) is 0 Å². The number of allylic oxidation sites excluding steroid dienone is 4. The number of hydrogen-bond donors (Lipinski definition) is 2. The Bertz CT molecular complexity index is 607. The van der Waals surface area contributed by atoms with E-state index in [4.69, 9.17) is 5.73 Å². The Morgan fingerprint density at radius 1 is 1.32 bits per heavy atom. The van der Waals surface area contributed by atoms with Gasteiger partial charge < -0.3 is 16.0 Å². The predicted octanol–water partition coefficient (Wildman–Crippen LogP) is 3.75. The molecule has 3 nitrogen and oxygen atoms in total. The fourth-order valence-corrected chi connectivity index (χ4v) is 2.54. The van der Waals surface area contributed by atoms with Crippen molar-refractivity contribution in [2.75, 3.05) is 19.4 Å². The number of rotatable bonds is 3. The lowest BCUT2D eigenvalue weighted by atomic mass is 9.79. The molecule has 0 atom stereocenters. The van der Waals surface area contributed by atoms with E-state index in [0.29, 0.717) is 6.54 Å². The molecule has 0 saturated heterocycles. The quantitative estimate of drug-likeness (QED) is 0.892. The van der Waals surface area contributed by atoms with Crippen LogP contribution < -0.4 is 11.1 Å². The lowest BCUT2D eigenvalue weighted by molar-refractivity contribution is 0.534. The molecule has 22 heavy (non-hydrogen) atoms. The van der Waals surface area contributed by atoms with Crippen LogP contribution in [0.2, 0.25) is 0 Å². The zero-order valence-corrected chi connectivity index (χ0v) is 14.1. The minimum atomic E-state index is 0.0523. The van der Waals surface area contributed by atoms with Gasteiger partial charge in [-0.05, 0) is 53.0 Å². The van der Waals surface area contributed by atoms with Crippen LogP contribution in [0.5, 0.6) is 0 Å². The summed E-state index contributed by atoms with van der Waals surface area (Å²) in [4.78, 5) is 2.04. The van der Waals surface area contributed by atoms with Crippen molar-refractivity contribution < 1.29 is 0 Å². The maximum absolute atomic E-state index is 5.80. The summed E-state index contributed by atoms with van der Waals surface area (Å²) in [6, 6.07) is 6.45. The molecule has 0 unspecified atom stereocenters. The van der Waals surface area contributed by atoms with Crippen LogP contribution in [-0.2, 0) is 12.0 Å². The molecule has 0 saturated carbocycles. The van der Waals surface area contributed by atoms with E-state index < -0.39 is 0 Å². The second-order valence-corrected chi connectivity index (χ2v) is 6.63. The lowest BCUT2D eigenvalue weighted by Crippen LogP contribution is -2.18. The molecule has 2 rings (SSSR count). The van der Waals surface area contributed by atoms with Gasteiger partial charge in [0.15, 0.2) is 0 Å². The first kappa shape index (κ1) is 16.4. The van der Waals surface area contributed by atoms with E-state index in [1.807, 2.05) is 25.2 Å². The molecular formula is C19H27N3. The molecule has 0 fully saturated rings. The molecule has 0 bridgehead atoms. The average molecular weight is 297 g/mol. The Morgan fingerprint density at radius 3 is 2.77 bits per heavy atom. The van der Waals surface area contributed by atoms with Gasteiger partial charge in [-0.2, -0.15) is 0 Å². The van der Waals surface area contributed by atoms with Gasteiger partial charge in [0.25, 0.3) is 0 Å². The maximum Gasteiger partial charge on any atom is 0.0418 e. The highest BCUT2D eigenvalue weighted by Crippen LogP contribution is 2.35.